The smallest absolute Gasteiger partial charge is 0.131 e. The lowest BCUT2D eigenvalue weighted by Gasteiger charge is -2.42. The molecule has 1 aliphatic heterocycles. The van der Waals surface area contributed by atoms with E-state index in [4.69, 9.17) is 4.98 Å². The maximum Gasteiger partial charge on any atom is 0.131 e. The summed E-state index contributed by atoms with van der Waals surface area (Å²) in [6.07, 6.45) is 0. The fourth-order valence-electron chi connectivity index (χ4n) is 7.65. The number of benzene rings is 6. The van der Waals surface area contributed by atoms with E-state index in [1.807, 2.05) is 0 Å². The van der Waals surface area contributed by atoms with Crippen molar-refractivity contribution in [2.75, 3.05) is 4.90 Å². The maximum absolute atomic E-state index is 5.25. The average Bonchev–Trinajstić information content (AvgIpc) is 3.51. The number of fused-ring (bicyclic) bond motifs is 3. The van der Waals surface area contributed by atoms with Crippen LogP contribution in [0.4, 0.5) is 17.2 Å². The van der Waals surface area contributed by atoms with Gasteiger partial charge in [0.05, 0.1) is 34.0 Å². The van der Waals surface area contributed by atoms with E-state index in [0.29, 0.717) is 0 Å². The van der Waals surface area contributed by atoms with Gasteiger partial charge in [0, 0.05) is 27.5 Å². The summed E-state index contributed by atoms with van der Waals surface area (Å²) in [6.45, 7) is 4.69. The fraction of sp³-hybridized carbons (Fsp3) is 0.0652. The van der Waals surface area contributed by atoms with Crippen LogP contribution >= 0.6 is 0 Å². The summed E-state index contributed by atoms with van der Waals surface area (Å²) in [4.78, 5) is 7.75. The molecule has 234 valence electrons. The molecule has 9 rings (SSSR count). The number of aromatic nitrogens is 2. The number of nitrogens with zero attached hydrogens (tertiary/aromatic N) is 3. The zero-order valence-electron chi connectivity index (χ0n) is 27.6. The summed E-state index contributed by atoms with van der Waals surface area (Å²) in [5, 5.41) is 1.20. The summed E-state index contributed by atoms with van der Waals surface area (Å²) < 4.78 is 2.46. The molecule has 3 heterocycles. The molecular weight excluding hydrogens is 595 g/mol. The van der Waals surface area contributed by atoms with Gasteiger partial charge in [-0.1, -0.05) is 159 Å². The summed E-state index contributed by atoms with van der Waals surface area (Å²) in [5.41, 5.74) is 13.4. The van der Waals surface area contributed by atoms with Crippen molar-refractivity contribution in [3.05, 3.63) is 187 Å². The zero-order valence-corrected chi connectivity index (χ0v) is 27.6. The third kappa shape index (κ3) is 4.69. The van der Waals surface area contributed by atoms with Crippen molar-refractivity contribution in [1.82, 2.24) is 9.55 Å². The maximum atomic E-state index is 5.25. The van der Waals surface area contributed by atoms with E-state index in [1.54, 1.807) is 0 Å². The van der Waals surface area contributed by atoms with E-state index in [2.05, 4.69) is 199 Å². The molecule has 0 saturated carbocycles. The van der Waals surface area contributed by atoms with Crippen LogP contribution in [0, 0.1) is 0 Å². The lowest BCUT2D eigenvalue weighted by molar-refractivity contribution is 0.631. The van der Waals surface area contributed by atoms with Gasteiger partial charge in [-0.25, -0.2) is 4.98 Å². The van der Waals surface area contributed by atoms with E-state index in [-0.39, 0.29) is 5.41 Å². The number of pyridine rings is 1. The first-order valence-corrected chi connectivity index (χ1v) is 16.9. The Hall–Kier alpha value is -6.19. The Labute approximate surface area is 287 Å². The second-order valence-corrected chi connectivity index (χ2v) is 13.2. The van der Waals surface area contributed by atoms with E-state index < -0.39 is 0 Å². The molecule has 0 bridgehead atoms. The van der Waals surface area contributed by atoms with Gasteiger partial charge in [-0.2, -0.15) is 0 Å². The quantitative estimate of drug-likeness (QED) is 0.189. The molecule has 6 aromatic carbocycles. The average molecular weight is 630 g/mol. The van der Waals surface area contributed by atoms with Gasteiger partial charge in [0.2, 0.25) is 0 Å². The standard InChI is InChI=1S/C46H35N3/c1-46(2)37-25-13-16-28-42(37)49(43-29-17-14-26-38(43)46)45-44(34-22-10-5-11-23-34)36-24-12-15-27-41(36)48(45)35-30-39(32-18-6-3-7-19-32)47-40(31-35)33-20-8-4-9-21-33/h3-31H,1-2H3. The fourth-order valence-corrected chi connectivity index (χ4v) is 7.65. The molecule has 0 atom stereocenters. The summed E-state index contributed by atoms with van der Waals surface area (Å²) in [6, 6.07) is 63.0. The number of para-hydroxylation sites is 3. The van der Waals surface area contributed by atoms with Crippen LogP contribution in [0.3, 0.4) is 0 Å². The molecule has 0 aliphatic carbocycles. The van der Waals surface area contributed by atoms with Gasteiger partial charge < -0.3 is 0 Å². The van der Waals surface area contributed by atoms with Crippen LogP contribution < -0.4 is 4.90 Å². The highest BCUT2D eigenvalue weighted by molar-refractivity contribution is 6.08. The van der Waals surface area contributed by atoms with Gasteiger partial charge in [-0.05, 0) is 47.0 Å². The van der Waals surface area contributed by atoms with E-state index in [0.717, 1.165) is 39.5 Å². The molecular formula is C46H35N3. The van der Waals surface area contributed by atoms with Gasteiger partial charge in [-0.15, -0.1) is 0 Å². The third-order valence-corrected chi connectivity index (χ3v) is 9.97. The highest BCUT2D eigenvalue weighted by Crippen LogP contribution is 2.55. The van der Waals surface area contributed by atoms with Gasteiger partial charge in [0.15, 0.2) is 0 Å². The Balaban J connectivity index is 1.44. The Bertz CT molecular complexity index is 2350. The Kier molecular flexibility index (Phi) is 6.80. The number of hydrogen-bond acceptors (Lipinski definition) is 2. The molecule has 2 aromatic heterocycles. The lowest BCUT2D eigenvalue weighted by Crippen LogP contribution is -2.31. The van der Waals surface area contributed by atoms with Crippen LogP contribution in [0.25, 0.3) is 50.2 Å². The van der Waals surface area contributed by atoms with E-state index in [1.165, 1.54) is 39.0 Å². The Morgan fingerprint density at radius 1 is 0.469 bits per heavy atom. The zero-order chi connectivity index (χ0) is 33.0. The highest BCUT2D eigenvalue weighted by atomic mass is 15.3. The molecule has 0 N–H and O–H groups in total. The predicted octanol–water partition coefficient (Wildman–Crippen LogP) is 12.1. The number of anilines is 3. The van der Waals surface area contributed by atoms with Crippen LogP contribution in [-0.2, 0) is 5.41 Å². The first-order valence-electron chi connectivity index (χ1n) is 16.9. The molecule has 0 fully saturated rings. The van der Waals surface area contributed by atoms with Gasteiger partial charge in [0.1, 0.15) is 5.82 Å². The minimum absolute atomic E-state index is 0.176. The van der Waals surface area contributed by atoms with Crippen molar-refractivity contribution in [1.29, 1.82) is 0 Å². The Morgan fingerprint density at radius 3 is 1.47 bits per heavy atom. The minimum atomic E-state index is -0.176. The van der Waals surface area contributed by atoms with Crippen LogP contribution in [0.2, 0.25) is 0 Å². The largest absolute Gasteiger partial charge is 0.295 e. The SMILES string of the molecule is CC1(C)c2ccccc2N(c2c(-c3ccccc3)c3ccccc3n2-c2cc(-c3ccccc3)nc(-c3ccccc3)c2)c2ccccc21. The first kappa shape index (κ1) is 29.0. The molecule has 0 saturated heterocycles. The van der Waals surface area contributed by atoms with Gasteiger partial charge >= 0.3 is 0 Å². The summed E-state index contributed by atoms with van der Waals surface area (Å²) >= 11 is 0. The van der Waals surface area contributed by atoms with Crippen molar-refractivity contribution in [3.63, 3.8) is 0 Å². The number of hydrogen-bond donors (Lipinski definition) is 0. The normalized spacial score (nSPS) is 13.2. The molecule has 8 aromatic rings. The molecule has 3 nitrogen and oxygen atoms in total. The monoisotopic (exact) mass is 629 g/mol. The van der Waals surface area contributed by atoms with E-state index in [9.17, 15) is 0 Å². The predicted molar refractivity (Wildman–Crippen MR) is 204 cm³/mol. The summed E-state index contributed by atoms with van der Waals surface area (Å²) in [7, 11) is 0. The van der Waals surface area contributed by atoms with Crippen molar-refractivity contribution < 1.29 is 0 Å². The molecule has 0 unspecified atom stereocenters. The van der Waals surface area contributed by atoms with Crippen LogP contribution in [0.5, 0.6) is 0 Å². The first-order chi connectivity index (χ1) is 24.1. The summed E-state index contributed by atoms with van der Waals surface area (Å²) in [5.74, 6) is 1.10. The second-order valence-electron chi connectivity index (χ2n) is 13.2. The molecule has 1 aliphatic rings. The lowest BCUT2D eigenvalue weighted by atomic mass is 9.73. The van der Waals surface area contributed by atoms with Crippen molar-refractivity contribution in [2.24, 2.45) is 0 Å². The van der Waals surface area contributed by atoms with Crippen LogP contribution in [-0.4, -0.2) is 9.55 Å². The third-order valence-electron chi connectivity index (χ3n) is 9.97. The topological polar surface area (TPSA) is 21.1 Å². The molecule has 49 heavy (non-hydrogen) atoms. The van der Waals surface area contributed by atoms with Crippen LogP contribution in [0.15, 0.2) is 176 Å². The van der Waals surface area contributed by atoms with Gasteiger partial charge in [-0.3, -0.25) is 9.47 Å². The minimum Gasteiger partial charge on any atom is -0.295 e. The van der Waals surface area contributed by atoms with Crippen molar-refractivity contribution in [3.8, 4) is 39.3 Å². The molecule has 3 heteroatoms. The highest BCUT2D eigenvalue weighted by Gasteiger charge is 2.39. The molecule has 0 radical (unpaired) electrons. The number of rotatable bonds is 5. The van der Waals surface area contributed by atoms with Crippen molar-refractivity contribution >= 4 is 28.1 Å². The Morgan fingerprint density at radius 2 is 0.918 bits per heavy atom. The van der Waals surface area contributed by atoms with Gasteiger partial charge in [0.25, 0.3) is 0 Å². The second kappa shape index (κ2) is 11.5. The van der Waals surface area contributed by atoms with Crippen LogP contribution in [0.1, 0.15) is 25.0 Å². The van der Waals surface area contributed by atoms with Crippen molar-refractivity contribution in [2.45, 2.75) is 19.3 Å². The van der Waals surface area contributed by atoms with E-state index >= 15 is 0 Å². The molecule has 0 amide bonds. The molecule has 0 spiro atoms.